The molecule has 0 saturated carbocycles. The van der Waals surface area contributed by atoms with Gasteiger partial charge in [0.15, 0.2) is 0 Å². The lowest BCUT2D eigenvalue weighted by molar-refractivity contribution is -0.121. The van der Waals surface area contributed by atoms with Crippen molar-refractivity contribution >= 4 is 17.7 Å². The molecule has 2 unspecified atom stereocenters. The van der Waals surface area contributed by atoms with Crippen molar-refractivity contribution in [1.82, 2.24) is 15.6 Å². The van der Waals surface area contributed by atoms with Crippen LogP contribution in [-0.4, -0.2) is 41.5 Å². The number of amides is 1. The van der Waals surface area contributed by atoms with E-state index in [-0.39, 0.29) is 5.91 Å². The maximum Gasteiger partial charge on any atom is 0.221 e. The van der Waals surface area contributed by atoms with Gasteiger partial charge in [0.1, 0.15) is 0 Å². The van der Waals surface area contributed by atoms with Crippen molar-refractivity contribution in [2.45, 2.75) is 32.2 Å². The Bertz CT molecular complexity index is 432. The van der Waals surface area contributed by atoms with Gasteiger partial charge in [-0.3, -0.25) is 9.78 Å². The van der Waals surface area contributed by atoms with Crippen LogP contribution >= 0.6 is 11.8 Å². The number of carbonyl (C=O) groups excluding carboxylic acids is 1. The predicted octanol–water partition coefficient (Wildman–Crippen LogP) is 2.03. The third kappa shape index (κ3) is 5.32. The van der Waals surface area contributed by atoms with Crippen molar-refractivity contribution in [2.24, 2.45) is 5.92 Å². The summed E-state index contributed by atoms with van der Waals surface area (Å²) in [6, 6.07) is 4.36. The van der Waals surface area contributed by atoms with Crippen LogP contribution in [0.1, 0.15) is 31.7 Å². The first-order valence-electron chi connectivity index (χ1n) is 7.64. The number of nitrogens with one attached hydrogen (secondary N) is 2. The van der Waals surface area contributed by atoms with Gasteiger partial charge in [-0.25, -0.2) is 0 Å². The molecule has 21 heavy (non-hydrogen) atoms. The van der Waals surface area contributed by atoms with E-state index in [1.807, 2.05) is 24.0 Å². The summed E-state index contributed by atoms with van der Waals surface area (Å²) in [5, 5.41) is 6.49. The zero-order valence-corrected chi connectivity index (χ0v) is 13.7. The van der Waals surface area contributed by atoms with Gasteiger partial charge in [-0.05, 0) is 17.5 Å². The lowest BCUT2D eigenvalue weighted by Gasteiger charge is -2.24. The third-order valence-electron chi connectivity index (χ3n) is 3.87. The molecule has 1 fully saturated rings. The maximum absolute atomic E-state index is 12.1. The molecule has 0 bridgehead atoms. The van der Waals surface area contributed by atoms with E-state index in [0.29, 0.717) is 30.8 Å². The fourth-order valence-electron chi connectivity index (χ4n) is 2.60. The summed E-state index contributed by atoms with van der Waals surface area (Å²) in [7, 11) is 0. The van der Waals surface area contributed by atoms with E-state index in [0.717, 1.165) is 18.1 Å². The van der Waals surface area contributed by atoms with Crippen molar-refractivity contribution in [3.8, 4) is 0 Å². The molecule has 1 aliphatic heterocycles. The number of hydrogen-bond acceptors (Lipinski definition) is 4. The molecular formula is C16H25N3OS. The molecular weight excluding hydrogens is 282 g/mol. The minimum Gasteiger partial charge on any atom is -0.355 e. The summed E-state index contributed by atoms with van der Waals surface area (Å²) in [5.41, 5.74) is 1.19. The highest BCUT2D eigenvalue weighted by atomic mass is 32.2. The summed E-state index contributed by atoms with van der Waals surface area (Å²) < 4.78 is 0. The topological polar surface area (TPSA) is 54.0 Å². The molecule has 0 aliphatic carbocycles. The van der Waals surface area contributed by atoms with Gasteiger partial charge in [-0.2, -0.15) is 11.8 Å². The molecule has 0 radical (unpaired) electrons. The van der Waals surface area contributed by atoms with Crippen LogP contribution in [0.3, 0.4) is 0 Å². The number of pyridine rings is 1. The van der Waals surface area contributed by atoms with Gasteiger partial charge in [0.2, 0.25) is 5.91 Å². The molecule has 0 spiro atoms. The number of carbonyl (C=O) groups is 1. The fourth-order valence-corrected chi connectivity index (χ4v) is 3.55. The molecule has 1 amide bonds. The Hall–Kier alpha value is -1.07. The number of thioether (sulfide) groups is 1. The van der Waals surface area contributed by atoms with Gasteiger partial charge in [0.05, 0.1) is 0 Å². The molecule has 5 heteroatoms. The number of nitrogens with zero attached hydrogens (tertiary/aromatic N) is 1. The molecule has 2 atom stereocenters. The van der Waals surface area contributed by atoms with Crippen LogP contribution in [-0.2, 0) is 4.79 Å². The zero-order chi connectivity index (χ0) is 15.1. The van der Waals surface area contributed by atoms with Crippen LogP contribution in [0, 0.1) is 5.92 Å². The normalized spacial score (nSPS) is 20.2. The Morgan fingerprint density at radius 3 is 3.05 bits per heavy atom. The van der Waals surface area contributed by atoms with Gasteiger partial charge in [-0.15, -0.1) is 0 Å². The van der Waals surface area contributed by atoms with E-state index in [2.05, 4.69) is 35.5 Å². The molecule has 1 aliphatic rings. The van der Waals surface area contributed by atoms with E-state index in [1.165, 1.54) is 5.56 Å². The molecule has 2 heterocycles. The third-order valence-corrected chi connectivity index (χ3v) is 5.00. The Morgan fingerprint density at radius 1 is 1.57 bits per heavy atom. The van der Waals surface area contributed by atoms with E-state index >= 15 is 0 Å². The first-order chi connectivity index (χ1) is 10.2. The van der Waals surface area contributed by atoms with Crippen LogP contribution in [0.4, 0.5) is 0 Å². The summed E-state index contributed by atoms with van der Waals surface area (Å²) in [6.45, 7) is 6.06. The minimum atomic E-state index is 0.143. The van der Waals surface area contributed by atoms with E-state index < -0.39 is 0 Å². The number of aromatic nitrogens is 1. The SMILES string of the molecule is CC(C)C(CNC(=O)CC1CSCCN1)c1cccnc1. The zero-order valence-electron chi connectivity index (χ0n) is 12.8. The Kier molecular flexibility index (Phi) is 6.51. The van der Waals surface area contributed by atoms with Crippen molar-refractivity contribution < 1.29 is 4.79 Å². The van der Waals surface area contributed by atoms with Gasteiger partial charge in [0, 0.05) is 55.4 Å². The molecule has 4 nitrogen and oxygen atoms in total. The highest BCUT2D eigenvalue weighted by Crippen LogP contribution is 2.22. The highest BCUT2D eigenvalue weighted by Gasteiger charge is 2.19. The van der Waals surface area contributed by atoms with E-state index in [9.17, 15) is 4.79 Å². The molecule has 2 rings (SSSR count). The van der Waals surface area contributed by atoms with Crippen LogP contribution < -0.4 is 10.6 Å². The lowest BCUT2D eigenvalue weighted by atomic mass is 9.89. The molecule has 1 saturated heterocycles. The van der Waals surface area contributed by atoms with E-state index in [4.69, 9.17) is 0 Å². The van der Waals surface area contributed by atoms with Crippen LogP contribution in [0.25, 0.3) is 0 Å². The molecule has 1 aromatic heterocycles. The highest BCUT2D eigenvalue weighted by molar-refractivity contribution is 7.99. The summed E-state index contributed by atoms with van der Waals surface area (Å²) in [4.78, 5) is 16.3. The largest absolute Gasteiger partial charge is 0.355 e. The molecule has 0 aromatic carbocycles. The summed E-state index contributed by atoms with van der Waals surface area (Å²) in [5.74, 6) is 3.11. The van der Waals surface area contributed by atoms with Crippen LogP contribution in [0.5, 0.6) is 0 Å². The second kappa shape index (κ2) is 8.39. The Labute approximate surface area is 131 Å². The summed E-state index contributed by atoms with van der Waals surface area (Å²) >= 11 is 1.92. The first-order valence-corrected chi connectivity index (χ1v) is 8.80. The van der Waals surface area contributed by atoms with Gasteiger partial charge < -0.3 is 10.6 Å². The lowest BCUT2D eigenvalue weighted by Crippen LogP contribution is -2.42. The first kappa shape index (κ1) is 16.3. The van der Waals surface area contributed by atoms with E-state index in [1.54, 1.807) is 6.20 Å². The van der Waals surface area contributed by atoms with Crippen LogP contribution in [0.15, 0.2) is 24.5 Å². The van der Waals surface area contributed by atoms with Gasteiger partial charge in [0.25, 0.3) is 0 Å². The smallest absolute Gasteiger partial charge is 0.221 e. The maximum atomic E-state index is 12.1. The molecule has 1 aromatic rings. The monoisotopic (exact) mass is 307 g/mol. The fraction of sp³-hybridized carbons (Fsp3) is 0.625. The second-order valence-corrected chi connectivity index (χ2v) is 7.02. The Morgan fingerprint density at radius 2 is 2.43 bits per heavy atom. The van der Waals surface area contributed by atoms with Gasteiger partial charge in [-0.1, -0.05) is 19.9 Å². The molecule has 2 N–H and O–H groups in total. The molecule has 116 valence electrons. The Balaban J connectivity index is 1.82. The quantitative estimate of drug-likeness (QED) is 0.844. The number of hydrogen-bond donors (Lipinski definition) is 2. The van der Waals surface area contributed by atoms with Crippen molar-refractivity contribution in [2.75, 3.05) is 24.6 Å². The minimum absolute atomic E-state index is 0.143. The van der Waals surface area contributed by atoms with Crippen molar-refractivity contribution in [3.05, 3.63) is 30.1 Å². The average molecular weight is 307 g/mol. The summed E-state index contributed by atoms with van der Waals surface area (Å²) in [6.07, 6.45) is 4.26. The van der Waals surface area contributed by atoms with Crippen molar-refractivity contribution in [1.29, 1.82) is 0 Å². The standard InChI is InChI=1S/C16H25N3OS/c1-12(2)15(13-4-3-5-17-9-13)10-19-16(20)8-14-11-21-7-6-18-14/h3-5,9,12,14-15,18H,6-8,10-11H2,1-2H3,(H,19,20). The number of rotatable bonds is 6. The van der Waals surface area contributed by atoms with Gasteiger partial charge >= 0.3 is 0 Å². The second-order valence-electron chi connectivity index (χ2n) is 5.87. The van der Waals surface area contributed by atoms with Crippen molar-refractivity contribution in [3.63, 3.8) is 0 Å². The van der Waals surface area contributed by atoms with Crippen LogP contribution in [0.2, 0.25) is 0 Å². The predicted molar refractivity (Wildman–Crippen MR) is 88.6 cm³/mol. The average Bonchev–Trinajstić information content (AvgIpc) is 2.49.